The van der Waals surface area contributed by atoms with Crippen LogP contribution in [0.4, 0.5) is 0 Å². The van der Waals surface area contributed by atoms with Crippen LogP contribution >= 0.6 is 34.7 Å². The zero-order valence-electron chi connectivity index (χ0n) is 11.9. The lowest BCUT2D eigenvalue weighted by molar-refractivity contribution is 0.550. The van der Waals surface area contributed by atoms with Crippen molar-refractivity contribution in [1.29, 1.82) is 0 Å². The van der Waals surface area contributed by atoms with E-state index in [4.69, 9.17) is 11.6 Å². The van der Waals surface area contributed by atoms with E-state index < -0.39 is 0 Å². The van der Waals surface area contributed by atoms with Crippen LogP contribution < -0.4 is 5.32 Å². The van der Waals surface area contributed by atoms with E-state index in [1.165, 1.54) is 4.90 Å². The highest BCUT2D eigenvalue weighted by atomic mass is 35.5. The summed E-state index contributed by atoms with van der Waals surface area (Å²) in [6, 6.07) is 6.06. The van der Waals surface area contributed by atoms with E-state index in [0.717, 1.165) is 33.7 Å². The summed E-state index contributed by atoms with van der Waals surface area (Å²) in [6.07, 6.45) is 0. The fraction of sp³-hybridized carbons (Fsp3) is 0.400. The second kappa shape index (κ2) is 7.46. The summed E-state index contributed by atoms with van der Waals surface area (Å²) < 4.78 is 1.06. The van der Waals surface area contributed by atoms with Crippen molar-refractivity contribution in [2.45, 2.75) is 36.6 Å². The molecule has 2 rings (SSSR count). The Balaban J connectivity index is 2.13. The van der Waals surface area contributed by atoms with Crippen LogP contribution in [0, 0.1) is 12.8 Å². The summed E-state index contributed by atoms with van der Waals surface area (Å²) >= 11 is 9.71. The lowest BCUT2D eigenvalue weighted by atomic mass is 10.2. The van der Waals surface area contributed by atoms with E-state index in [2.05, 4.69) is 35.6 Å². The normalized spacial score (nSPS) is 11.2. The van der Waals surface area contributed by atoms with E-state index in [0.29, 0.717) is 5.92 Å². The maximum atomic E-state index is 6.35. The Bertz CT molecular complexity index is 567. The van der Waals surface area contributed by atoms with Crippen LogP contribution in [0.25, 0.3) is 0 Å². The summed E-state index contributed by atoms with van der Waals surface area (Å²) in [6.45, 7) is 8.21. The number of aromatic nitrogens is 1. The van der Waals surface area contributed by atoms with Crippen LogP contribution in [0.15, 0.2) is 32.8 Å². The van der Waals surface area contributed by atoms with Gasteiger partial charge in [-0.2, -0.15) is 0 Å². The highest BCUT2D eigenvalue weighted by Crippen LogP contribution is 2.35. The Hall–Kier alpha value is -0.550. The Morgan fingerprint density at radius 3 is 2.85 bits per heavy atom. The Morgan fingerprint density at radius 2 is 2.20 bits per heavy atom. The van der Waals surface area contributed by atoms with Gasteiger partial charge in [-0.1, -0.05) is 43.3 Å². The monoisotopic (exact) mass is 326 g/mol. The number of rotatable bonds is 6. The van der Waals surface area contributed by atoms with Crippen LogP contribution in [0.5, 0.6) is 0 Å². The van der Waals surface area contributed by atoms with Gasteiger partial charge in [0, 0.05) is 27.5 Å². The van der Waals surface area contributed by atoms with Crippen LogP contribution in [0.3, 0.4) is 0 Å². The topological polar surface area (TPSA) is 24.9 Å². The average Bonchev–Trinajstić information content (AvgIpc) is 2.78. The Kier molecular flexibility index (Phi) is 5.90. The summed E-state index contributed by atoms with van der Waals surface area (Å²) in [7, 11) is 0. The smallest absolute Gasteiger partial charge is 0.154 e. The van der Waals surface area contributed by atoms with Crippen molar-refractivity contribution < 1.29 is 0 Å². The molecule has 0 spiro atoms. The first-order valence-corrected chi connectivity index (χ1v) is 8.71. The molecule has 0 saturated heterocycles. The molecule has 0 aliphatic carbocycles. The molecule has 0 bridgehead atoms. The van der Waals surface area contributed by atoms with Crippen LogP contribution in [0.1, 0.15) is 25.1 Å². The van der Waals surface area contributed by atoms with Crippen molar-refractivity contribution in [3.05, 3.63) is 39.9 Å². The van der Waals surface area contributed by atoms with Crippen LogP contribution in [-0.2, 0) is 6.54 Å². The molecule has 0 saturated carbocycles. The van der Waals surface area contributed by atoms with Crippen molar-refractivity contribution in [2.24, 2.45) is 5.92 Å². The zero-order chi connectivity index (χ0) is 14.5. The van der Waals surface area contributed by atoms with Gasteiger partial charge in [-0.15, -0.1) is 11.3 Å². The highest BCUT2D eigenvalue weighted by Gasteiger charge is 2.10. The minimum Gasteiger partial charge on any atom is -0.312 e. The van der Waals surface area contributed by atoms with Gasteiger partial charge in [-0.05, 0) is 37.1 Å². The SMILES string of the molecule is Cc1csc(Sc2cccc(Cl)c2CNCC(C)C)n1. The number of aryl methyl sites for hydroxylation is 1. The summed E-state index contributed by atoms with van der Waals surface area (Å²) in [5, 5.41) is 6.35. The maximum Gasteiger partial charge on any atom is 0.154 e. The number of hydrogen-bond acceptors (Lipinski definition) is 4. The van der Waals surface area contributed by atoms with Gasteiger partial charge in [0.1, 0.15) is 0 Å². The highest BCUT2D eigenvalue weighted by molar-refractivity contribution is 8.01. The number of nitrogens with zero attached hydrogens (tertiary/aromatic N) is 1. The molecule has 0 fully saturated rings. The molecule has 0 aliphatic heterocycles. The predicted octanol–water partition coefficient (Wildman–Crippen LogP) is 5.00. The number of thiazole rings is 1. The molecular formula is C15H19ClN2S2. The molecule has 0 radical (unpaired) electrons. The molecule has 1 heterocycles. The van der Waals surface area contributed by atoms with Crippen molar-refractivity contribution >= 4 is 34.7 Å². The third-order valence-corrected chi connectivity index (χ3v) is 5.24. The average molecular weight is 327 g/mol. The predicted molar refractivity (Wildman–Crippen MR) is 89.0 cm³/mol. The van der Waals surface area contributed by atoms with E-state index in [-0.39, 0.29) is 0 Å². The van der Waals surface area contributed by atoms with Gasteiger partial charge in [-0.3, -0.25) is 0 Å². The van der Waals surface area contributed by atoms with Crippen molar-refractivity contribution in [1.82, 2.24) is 10.3 Å². The Morgan fingerprint density at radius 1 is 1.40 bits per heavy atom. The first-order chi connectivity index (χ1) is 9.56. The quantitative estimate of drug-likeness (QED) is 0.808. The maximum absolute atomic E-state index is 6.35. The van der Waals surface area contributed by atoms with Gasteiger partial charge >= 0.3 is 0 Å². The van der Waals surface area contributed by atoms with Crippen molar-refractivity contribution in [3.8, 4) is 0 Å². The van der Waals surface area contributed by atoms with Gasteiger partial charge in [0.2, 0.25) is 0 Å². The largest absolute Gasteiger partial charge is 0.312 e. The molecule has 1 N–H and O–H groups in total. The molecular weight excluding hydrogens is 308 g/mol. The third-order valence-electron chi connectivity index (χ3n) is 2.73. The summed E-state index contributed by atoms with van der Waals surface area (Å²) in [5.41, 5.74) is 2.23. The van der Waals surface area contributed by atoms with Gasteiger partial charge in [0.15, 0.2) is 4.34 Å². The van der Waals surface area contributed by atoms with Gasteiger partial charge < -0.3 is 5.32 Å². The number of benzene rings is 1. The molecule has 0 aliphatic rings. The number of halogens is 1. The van der Waals surface area contributed by atoms with Crippen LogP contribution in [-0.4, -0.2) is 11.5 Å². The minimum atomic E-state index is 0.634. The number of hydrogen-bond donors (Lipinski definition) is 1. The van der Waals surface area contributed by atoms with Gasteiger partial charge in [0.05, 0.1) is 0 Å². The van der Waals surface area contributed by atoms with E-state index in [1.807, 2.05) is 19.1 Å². The molecule has 20 heavy (non-hydrogen) atoms. The van der Waals surface area contributed by atoms with Crippen LogP contribution in [0.2, 0.25) is 5.02 Å². The lowest BCUT2D eigenvalue weighted by Crippen LogP contribution is -2.19. The zero-order valence-corrected chi connectivity index (χ0v) is 14.3. The van der Waals surface area contributed by atoms with E-state index in [1.54, 1.807) is 23.1 Å². The molecule has 2 aromatic rings. The fourth-order valence-corrected chi connectivity index (χ4v) is 4.02. The van der Waals surface area contributed by atoms with Crippen molar-refractivity contribution in [3.63, 3.8) is 0 Å². The van der Waals surface area contributed by atoms with Crippen molar-refractivity contribution in [2.75, 3.05) is 6.54 Å². The molecule has 108 valence electrons. The standard InChI is InChI=1S/C15H19ClN2S2/c1-10(2)7-17-8-12-13(16)5-4-6-14(12)20-15-18-11(3)9-19-15/h4-6,9-10,17H,7-8H2,1-3H3. The molecule has 0 atom stereocenters. The van der Waals surface area contributed by atoms with E-state index >= 15 is 0 Å². The van der Waals surface area contributed by atoms with Gasteiger partial charge in [0.25, 0.3) is 0 Å². The fourth-order valence-electron chi connectivity index (χ4n) is 1.77. The van der Waals surface area contributed by atoms with Gasteiger partial charge in [-0.25, -0.2) is 4.98 Å². The third kappa shape index (κ3) is 4.48. The first-order valence-electron chi connectivity index (χ1n) is 6.64. The second-order valence-electron chi connectivity index (χ2n) is 5.10. The first kappa shape index (κ1) is 15.8. The summed E-state index contributed by atoms with van der Waals surface area (Å²) in [5.74, 6) is 0.634. The minimum absolute atomic E-state index is 0.634. The Labute approximate surface area is 134 Å². The molecule has 5 heteroatoms. The molecule has 1 aromatic carbocycles. The lowest BCUT2D eigenvalue weighted by Gasteiger charge is -2.12. The molecule has 1 aromatic heterocycles. The van der Waals surface area contributed by atoms with E-state index in [9.17, 15) is 0 Å². The molecule has 0 unspecified atom stereocenters. The second-order valence-corrected chi connectivity index (χ2v) is 7.65. The summed E-state index contributed by atoms with van der Waals surface area (Å²) in [4.78, 5) is 5.69. The number of nitrogens with one attached hydrogen (secondary N) is 1. The molecule has 0 amide bonds. The molecule has 2 nitrogen and oxygen atoms in total.